The topological polar surface area (TPSA) is 41.1 Å². The van der Waals surface area contributed by atoms with Gasteiger partial charge in [0.05, 0.1) is 17.7 Å². The molecule has 0 aromatic heterocycles. The maximum Gasteiger partial charge on any atom is 0.416 e. The number of halogens is 6. The van der Waals surface area contributed by atoms with E-state index in [4.69, 9.17) is 0 Å². The van der Waals surface area contributed by atoms with Crippen molar-refractivity contribution in [2.45, 2.75) is 18.9 Å². The van der Waals surface area contributed by atoms with Crippen molar-refractivity contribution >= 4 is 6.03 Å². The van der Waals surface area contributed by atoms with Gasteiger partial charge in [-0.3, -0.25) is 0 Å². The van der Waals surface area contributed by atoms with Gasteiger partial charge in [-0.05, 0) is 35.9 Å². The quantitative estimate of drug-likeness (QED) is 0.575. The van der Waals surface area contributed by atoms with Gasteiger partial charge in [0, 0.05) is 12.1 Å². The minimum atomic E-state index is -4.46. The molecular formula is C19H14F6N2O. The minimum absolute atomic E-state index is 0.00499. The van der Waals surface area contributed by atoms with Crippen LogP contribution in [0.15, 0.2) is 48.5 Å². The molecule has 0 saturated heterocycles. The number of hydrogen-bond acceptors (Lipinski definition) is 1. The highest BCUT2D eigenvalue weighted by atomic mass is 19.4. The fourth-order valence-electron chi connectivity index (χ4n) is 2.10. The van der Waals surface area contributed by atoms with Crippen molar-refractivity contribution in [3.63, 3.8) is 0 Å². The monoisotopic (exact) mass is 400 g/mol. The number of rotatable bonds is 3. The van der Waals surface area contributed by atoms with E-state index < -0.39 is 29.5 Å². The smallest absolute Gasteiger partial charge is 0.334 e. The largest absolute Gasteiger partial charge is 0.416 e. The fraction of sp³-hybridized carbons (Fsp3) is 0.211. The van der Waals surface area contributed by atoms with E-state index in [2.05, 4.69) is 22.5 Å². The van der Waals surface area contributed by atoms with Crippen LogP contribution in [-0.4, -0.2) is 12.6 Å². The summed E-state index contributed by atoms with van der Waals surface area (Å²) in [6.45, 7) is -0.111. The molecule has 0 spiro atoms. The summed E-state index contributed by atoms with van der Waals surface area (Å²) in [7, 11) is 0. The Bertz CT molecular complexity index is 876. The molecule has 3 nitrogen and oxygen atoms in total. The second-order valence-corrected chi connectivity index (χ2v) is 5.61. The lowest BCUT2D eigenvalue weighted by Gasteiger charge is -2.08. The van der Waals surface area contributed by atoms with Crippen molar-refractivity contribution in [2.75, 3.05) is 6.54 Å². The minimum Gasteiger partial charge on any atom is -0.334 e. The molecule has 0 atom stereocenters. The molecule has 0 aliphatic heterocycles. The molecule has 0 fully saturated rings. The lowest BCUT2D eigenvalue weighted by Crippen LogP contribution is -2.35. The predicted molar refractivity (Wildman–Crippen MR) is 90.0 cm³/mol. The molecular weight excluding hydrogens is 386 g/mol. The van der Waals surface area contributed by atoms with E-state index in [-0.39, 0.29) is 18.7 Å². The average Bonchev–Trinajstić information content (AvgIpc) is 2.63. The lowest BCUT2D eigenvalue weighted by atomic mass is 10.1. The zero-order valence-corrected chi connectivity index (χ0v) is 14.2. The van der Waals surface area contributed by atoms with Crippen LogP contribution < -0.4 is 10.6 Å². The second kappa shape index (κ2) is 8.69. The van der Waals surface area contributed by atoms with Gasteiger partial charge in [-0.1, -0.05) is 30.0 Å². The highest BCUT2D eigenvalue weighted by molar-refractivity contribution is 5.74. The fourth-order valence-corrected chi connectivity index (χ4v) is 2.10. The van der Waals surface area contributed by atoms with E-state index in [0.29, 0.717) is 5.56 Å². The van der Waals surface area contributed by atoms with E-state index in [1.165, 1.54) is 24.3 Å². The van der Waals surface area contributed by atoms with Gasteiger partial charge >= 0.3 is 18.4 Å². The normalized spacial score (nSPS) is 11.4. The van der Waals surface area contributed by atoms with Crippen LogP contribution >= 0.6 is 0 Å². The molecule has 2 aromatic rings. The molecule has 0 bridgehead atoms. The summed E-state index contributed by atoms with van der Waals surface area (Å²) in [4.78, 5) is 11.6. The Labute approximate surface area is 156 Å². The van der Waals surface area contributed by atoms with E-state index in [9.17, 15) is 31.1 Å². The van der Waals surface area contributed by atoms with Gasteiger partial charge in [0.1, 0.15) is 0 Å². The van der Waals surface area contributed by atoms with Gasteiger partial charge in [-0.15, -0.1) is 0 Å². The summed E-state index contributed by atoms with van der Waals surface area (Å²) < 4.78 is 75.2. The Kier molecular flexibility index (Phi) is 6.57. The Hall–Kier alpha value is -3.15. The first kappa shape index (κ1) is 21.2. The van der Waals surface area contributed by atoms with E-state index in [0.717, 1.165) is 24.3 Å². The molecule has 2 N–H and O–H groups in total. The Balaban J connectivity index is 1.80. The van der Waals surface area contributed by atoms with Crippen molar-refractivity contribution in [3.8, 4) is 11.8 Å². The highest BCUT2D eigenvalue weighted by Gasteiger charge is 2.30. The maximum absolute atomic E-state index is 12.6. The van der Waals surface area contributed by atoms with Crippen molar-refractivity contribution in [1.82, 2.24) is 10.6 Å². The molecule has 0 saturated carbocycles. The van der Waals surface area contributed by atoms with Gasteiger partial charge in [-0.25, -0.2) is 4.79 Å². The van der Waals surface area contributed by atoms with E-state index >= 15 is 0 Å². The summed E-state index contributed by atoms with van der Waals surface area (Å²) in [6, 6.07) is 8.18. The summed E-state index contributed by atoms with van der Waals surface area (Å²) >= 11 is 0. The molecule has 0 aliphatic rings. The number of benzene rings is 2. The third-order valence-corrected chi connectivity index (χ3v) is 3.49. The molecule has 2 rings (SSSR count). The second-order valence-electron chi connectivity index (χ2n) is 5.61. The first-order valence-corrected chi connectivity index (χ1v) is 7.89. The van der Waals surface area contributed by atoms with Crippen molar-refractivity contribution in [1.29, 1.82) is 0 Å². The molecule has 0 radical (unpaired) electrons. The summed E-state index contributed by atoms with van der Waals surface area (Å²) in [5.74, 6) is 5.03. The maximum atomic E-state index is 12.6. The number of alkyl halides is 6. The van der Waals surface area contributed by atoms with Crippen molar-refractivity contribution < 1.29 is 31.1 Å². The third-order valence-electron chi connectivity index (χ3n) is 3.49. The molecule has 148 valence electrons. The molecule has 28 heavy (non-hydrogen) atoms. The Morgan fingerprint density at radius 3 is 2.11 bits per heavy atom. The van der Waals surface area contributed by atoms with Gasteiger partial charge in [0.2, 0.25) is 0 Å². The molecule has 2 aromatic carbocycles. The van der Waals surface area contributed by atoms with Gasteiger partial charge in [-0.2, -0.15) is 26.3 Å². The first-order valence-electron chi connectivity index (χ1n) is 7.89. The van der Waals surface area contributed by atoms with E-state index in [1.807, 2.05) is 0 Å². The molecule has 2 amide bonds. The highest BCUT2D eigenvalue weighted by Crippen LogP contribution is 2.30. The predicted octanol–water partition coefficient (Wildman–Crippen LogP) is 4.58. The molecule has 0 aliphatic carbocycles. The number of amides is 2. The van der Waals surface area contributed by atoms with E-state index in [1.54, 1.807) is 0 Å². The number of hydrogen-bond donors (Lipinski definition) is 2. The van der Waals surface area contributed by atoms with Crippen LogP contribution in [0, 0.1) is 11.8 Å². The molecule has 9 heteroatoms. The lowest BCUT2D eigenvalue weighted by molar-refractivity contribution is -0.138. The zero-order chi connectivity index (χ0) is 20.8. The number of carbonyl (C=O) groups excluding carboxylic acids is 1. The zero-order valence-electron chi connectivity index (χ0n) is 14.2. The number of carbonyl (C=O) groups is 1. The first-order chi connectivity index (χ1) is 13.1. The standard InChI is InChI=1S/C19H14F6N2O/c20-18(21,22)15-8-6-14(7-9-15)12-27-17(28)26-10-2-4-13-3-1-5-16(11-13)19(23,24)25/h1,3,5-9,11H,10,12H2,(H2,26,27,28). The average molecular weight is 400 g/mol. The number of nitrogens with one attached hydrogen (secondary N) is 2. The third kappa shape index (κ3) is 6.54. The SMILES string of the molecule is O=C(NCC#Cc1cccc(C(F)(F)F)c1)NCc1ccc(C(F)(F)F)cc1. The van der Waals surface area contributed by atoms with Crippen LogP contribution in [0.5, 0.6) is 0 Å². The van der Waals surface area contributed by atoms with Crippen LogP contribution in [0.1, 0.15) is 22.3 Å². The number of urea groups is 1. The Morgan fingerprint density at radius 1 is 0.857 bits per heavy atom. The van der Waals surface area contributed by atoms with Crippen LogP contribution in [0.3, 0.4) is 0 Å². The summed E-state index contributed by atoms with van der Waals surface area (Å²) in [6.07, 6.45) is -8.89. The van der Waals surface area contributed by atoms with Gasteiger partial charge in [0.25, 0.3) is 0 Å². The van der Waals surface area contributed by atoms with Crippen molar-refractivity contribution in [2.24, 2.45) is 0 Å². The van der Waals surface area contributed by atoms with Gasteiger partial charge in [0.15, 0.2) is 0 Å². The van der Waals surface area contributed by atoms with Crippen molar-refractivity contribution in [3.05, 3.63) is 70.8 Å². The molecule has 0 heterocycles. The van der Waals surface area contributed by atoms with Gasteiger partial charge < -0.3 is 10.6 Å². The Morgan fingerprint density at radius 2 is 1.50 bits per heavy atom. The summed E-state index contributed by atoms with van der Waals surface area (Å²) in [5, 5.41) is 4.81. The van der Waals surface area contributed by atoms with Crippen LogP contribution in [0.2, 0.25) is 0 Å². The molecule has 0 unspecified atom stereocenters. The van der Waals surface area contributed by atoms with Crippen LogP contribution in [0.25, 0.3) is 0 Å². The summed E-state index contributed by atoms with van der Waals surface area (Å²) in [5.41, 5.74) is -0.980. The van der Waals surface area contributed by atoms with Crippen LogP contribution in [-0.2, 0) is 18.9 Å². The van der Waals surface area contributed by atoms with Crippen LogP contribution in [0.4, 0.5) is 31.1 Å².